The zero-order valence-electron chi connectivity index (χ0n) is 16.2. The average Bonchev–Trinajstić information content (AvgIpc) is 3.24. The van der Waals surface area contributed by atoms with Gasteiger partial charge >= 0.3 is 0 Å². The van der Waals surface area contributed by atoms with Crippen molar-refractivity contribution in [3.05, 3.63) is 71.8 Å². The fourth-order valence-electron chi connectivity index (χ4n) is 3.47. The summed E-state index contributed by atoms with van der Waals surface area (Å²) in [4.78, 5) is 26.8. The summed E-state index contributed by atoms with van der Waals surface area (Å²) in [5.41, 5.74) is 2.19. The van der Waals surface area contributed by atoms with Crippen LogP contribution in [0.2, 0.25) is 0 Å². The van der Waals surface area contributed by atoms with Crippen molar-refractivity contribution < 1.29 is 14.3 Å². The van der Waals surface area contributed by atoms with Crippen LogP contribution in [0.25, 0.3) is 0 Å². The van der Waals surface area contributed by atoms with Gasteiger partial charge < -0.3 is 15.0 Å². The zero-order valence-corrected chi connectivity index (χ0v) is 16.2. The number of rotatable bonds is 9. The van der Waals surface area contributed by atoms with Crippen LogP contribution in [-0.4, -0.2) is 49.1 Å². The van der Waals surface area contributed by atoms with Crippen molar-refractivity contribution in [3.63, 3.8) is 0 Å². The van der Waals surface area contributed by atoms with Crippen molar-refractivity contribution >= 4 is 11.8 Å². The molecule has 1 unspecified atom stereocenters. The van der Waals surface area contributed by atoms with Crippen molar-refractivity contribution in [2.75, 3.05) is 26.3 Å². The number of carbonyl (C=O) groups is 2. The van der Waals surface area contributed by atoms with Gasteiger partial charge in [-0.2, -0.15) is 0 Å². The summed E-state index contributed by atoms with van der Waals surface area (Å²) in [5, 5.41) is 2.86. The van der Waals surface area contributed by atoms with Crippen LogP contribution < -0.4 is 5.32 Å². The van der Waals surface area contributed by atoms with Gasteiger partial charge in [0, 0.05) is 26.1 Å². The third-order valence-corrected chi connectivity index (χ3v) is 5.02. The van der Waals surface area contributed by atoms with E-state index in [1.807, 2.05) is 53.4 Å². The minimum Gasteiger partial charge on any atom is -0.379 e. The van der Waals surface area contributed by atoms with Crippen molar-refractivity contribution in [3.8, 4) is 0 Å². The molecule has 2 amide bonds. The molecule has 0 bridgehead atoms. The smallest absolute Gasteiger partial charge is 0.224 e. The summed E-state index contributed by atoms with van der Waals surface area (Å²) in [7, 11) is 0. The number of ether oxygens (including phenoxy) is 1. The van der Waals surface area contributed by atoms with Crippen molar-refractivity contribution in [2.24, 2.45) is 0 Å². The normalized spacial score (nSPS) is 15.9. The molecule has 1 atom stereocenters. The van der Waals surface area contributed by atoms with E-state index < -0.39 is 0 Å². The van der Waals surface area contributed by atoms with Gasteiger partial charge in [0.25, 0.3) is 0 Å². The van der Waals surface area contributed by atoms with Crippen LogP contribution >= 0.6 is 0 Å². The van der Waals surface area contributed by atoms with Crippen LogP contribution in [0.4, 0.5) is 0 Å². The molecule has 2 aromatic rings. The molecule has 1 heterocycles. The highest BCUT2D eigenvalue weighted by Gasteiger charge is 2.26. The fraction of sp³-hybridized carbons (Fsp3) is 0.391. The molecule has 0 radical (unpaired) electrons. The highest BCUT2D eigenvalue weighted by Crippen LogP contribution is 2.15. The van der Waals surface area contributed by atoms with Crippen LogP contribution in [0.3, 0.4) is 0 Å². The molecular formula is C23H28N2O3. The van der Waals surface area contributed by atoms with Crippen LogP contribution in [0, 0.1) is 0 Å². The number of hydrogen-bond acceptors (Lipinski definition) is 3. The molecule has 1 aliphatic rings. The maximum Gasteiger partial charge on any atom is 0.224 e. The minimum absolute atomic E-state index is 0.0564. The summed E-state index contributed by atoms with van der Waals surface area (Å²) in [6, 6.07) is 19.9. The van der Waals surface area contributed by atoms with Gasteiger partial charge in [-0.25, -0.2) is 0 Å². The quantitative estimate of drug-likeness (QED) is 0.727. The molecule has 5 heteroatoms. The molecule has 0 saturated carbocycles. The van der Waals surface area contributed by atoms with Crippen LogP contribution in [0.15, 0.2) is 60.7 Å². The lowest BCUT2D eigenvalue weighted by Gasteiger charge is -2.28. The largest absolute Gasteiger partial charge is 0.379 e. The predicted molar refractivity (Wildman–Crippen MR) is 109 cm³/mol. The number of nitrogens with zero attached hydrogens (tertiary/aromatic N) is 1. The lowest BCUT2D eigenvalue weighted by atomic mass is 10.1. The van der Waals surface area contributed by atoms with Gasteiger partial charge in [-0.05, 0) is 24.0 Å². The number of carbonyl (C=O) groups excluding carboxylic acids is 2. The Morgan fingerprint density at radius 2 is 1.68 bits per heavy atom. The van der Waals surface area contributed by atoms with Gasteiger partial charge in [0.1, 0.15) is 0 Å². The minimum atomic E-state index is -0.0564. The van der Waals surface area contributed by atoms with Crippen LogP contribution in [0.1, 0.15) is 24.0 Å². The second-order valence-electron chi connectivity index (χ2n) is 7.10. The average molecular weight is 380 g/mol. The van der Waals surface area contributed by atoms with E-state index in [1.54, 1.807) is 0 Å². The van der Waals surface area contributed by atoms with Gasteiger partial charge in [-0.3, -0.25) is 9.59 Å². The SMILES string of the molecule is O=C(Cc1ccccc1)NCCC(=O)N(CCc1ccccc1)C1CCOC1. The first-order valence-corrected chi connectivity index (χ1v) is 9.94. The molecule has 28 heavy (non-hydrogen) atoms. The Morgan fingerprint density at radius 3 is 2.32 bits per heavy atom. The summed E-state index contributed by atoms with van der Waals surface area (Å²) >= 11 is 0. The van der Waals surface area contributed by atoms with Gasteiger partial charge in [-0.15, -0.1) is 0 Å². The Bertz CT molecular complexity index is 743. The lowest BCUT2D eigenvalue weighted by molar-refractivity contribution is -0.133. The van der Waals surface area contributed by atoms with Crippen LogP contribution in [-0.2, 0) is 27.2 Å². The van der Waals surface area contributed by atoms with E-state index >= 15 is 0 Å². The van der Waals surface area contributed by atoms with E-state index in [4.69, 9.17) is 4.74 Å². The maximum atomic E-state index is 12.8. The molecule has 1 aliphatic heterocycles. The van der Waals surface area contributed by atoms with E-state index in [2.05, 4.69) is 17.4 Å². The molecule has 2 aromatic carbocycles. The molecule has 1 saturated heterocycles. The van der Waals surface area contributed by atoms with Gasteiger partial charge in [0.15, 0.2) is 0 Å². The summed E-state index contributed by atoms with van der Waals surface area (Å²) in [6.07, 6.45) is 2.35. The zero-order chi connectivity index (χ0) is 19.6. The third kappa shape index (κ3) is 6.20. The van der Waals surface area contributed by atoms with Crippen molar-refractivity contribution in [2.45, 2.75) is 31.7 Å². The first-order valence-electron chi connectivity index (χ1n) is 9.94. The summed E-state index contributed by atoms with van der Waals surface area (Å²) < 4.78 is 5.49. The van der Waals surface area contributed by atoms with Gasteiger partial charge in [0.05, 0.1) is 19.1 Å². The molecular weight excluding hydrogens is 352 g/mol. The van der Waals surface area contributed by atoms with Gasteiger partial charge in [-0.1, -0.05) is 60.7 Å². The second kappa shape index (κ2) is 10.6. The van der Waals surface area contributed by atoms with E-state index in [0.717, 1.165) is 18.4 Å². The number of hydrogen-bond donors (Lipinski definition) is 1. The predicted octanol–water partition coefficient (Wildman–Crippen LogP) is 2.60. The van der Waals surface area contributed by atoms with Crippen molar-refractivity contribution in [1.29, 1.82) is 0 Å². The molecule has 3 rings (SSSR count). The molecule has 1 fully saturated rings. The molecule has 0 spiro atoms. The Balaban J connectivity index is 1.47. The molecule has 1 N–H and O–H groups in total. The number of amides is 2. The first-order chi connectivity index (χ1) is 13.7. The second-order valence-corrected chi connectivity index (χ2v) is 7.10. The van der Waals surface area contributed by atoms with E-state index in [-0.39, 0.29) is 17.9 Å². The molecule has 148 valence electrons. The standard InChI is InChI=1S/C23H28N2O3/c26-22(17-20-9-5-2-6-10-20)24-14-11-23(27)25(21-13-16-28-18-21)15-12-19-7-3-1-4-8-19/h1-10,21H,11-18H2,(H,24,26). The van der Waals surface area contributed by atoms with E-state index in [1.165, 1.54) is 5.56 Å². The maximum absolute atomic E-state index is 12.8. The lowest BCUT2D eigenvalue weighted by Crippen LogP contribution is -2.43. The monoisotopic (exact) mass is 380 g/mol. The van der Waals surface area contributed by atoms with Crippen molar-refractivity contribution in [1.82, 2.24) is 10.2 Å². The number of benzene rings is 2. The molecule has 0 aliphatic carbocycles. The molecule has 0 aromatic heterocycles. The topological polar surface area (TPSA) is 58.6 Å². The Hall–Kier alpha value is -2.66. The van der Waals surface area contributed by atoms with Gasteiger partial charge in [0.2, 0.25) is 11.8 Å². The van der Waals surface area contributed by atoms with E-state index in [9.17, 15) is 9.59 Å². The molecule has 5 nitrogen and oxygen atoms in total. The Kier molecular flexibility index (Phi) is 7.62. The Morgan fingerprint density at radius 1 is 1.00 bits per heavy atom. The fourth-order valence-corrected chi connectivity index (χ4v) is 3.47. The summed E-state index contributed by atoms with van der Waals surface area (Å²) in [5.74, 6) is 0.0190. The highest BCUT2D eigenvalue weighted by atomic mass is 16.5. The summed E-state index contributed by atoms with van der Waals surface area (Å²) in [6.45, 7) is 2.34. The number of nitrogens with one attached hydrogen (secondary N) is 1. The third-order valence-electron chi connectivity index (χ3n) is 5.02. The first kappa shape index (κ1) is 20.1. The Labute approximate surface area is 166 Å². The highest BCUT2D eigenvalue weighted by molar-refractivity contribution is 5.80. The van der Waals surface area contributed by atoms with E-state index in [0.29, 0.717) is 39.1 Å². The van der Waals surface area contributed by atoms with Crippen LogP contribution in [0.5, 0.6) is 0 Å².